The summed E-state index contributed by atoms with van der Waals surface area (Å²) in [6, 6.07) is 0.355. The highest BCUT2D eigenvalue weighted by Gasteiger charge is 2.40. The number of nitrogens with one attached hydrogen (secondary N) is 1. The quantitative estimate of drug-likeness (QED) is 0.789. The Kier molecular flexibility index (Phi) is 9.35. The molecule has 2 unspecified atom stereocenters. The minimum atomic E-state index is 0. The lowest BCUT2D eigenvalue weighted by Crippen LogP contribution is -2.49. The van der Waals surface area contributed by atoms with Crippen LogP contribution in [-0.4, -0.2) is 43.0 Å². The Morgan fingerprint density at radius 2 is 1.67 bits per heavy atom. The highest BCUT2D eigenvalue weighted by molar-refractivity contribution is 5.85. The number of nitrogens with two attached hydrogens (primary N) is 1. The number of likely N-dealkylation sites (tertiary alicyclic amines) is 1. The molecule has 0 radical (unpaired) electrons. The maximum atomic E-state index is 12.5. The normalized spacial score (nSPS) is 33.9. The first-order chi connectivity index (χ1) is 10.6. The minimum absolute atomic E-state index is 0. The highest BCUT2D eigenvalue weighted by Crippen LogP contribution is 2.41. The van der Waals surface area contributed by atoms with Gasteiger partial charge in [0.25, 0.3) is 0 Å². The van der Waals surface area contributed by atoms with Crippen LogP contribution < -0.4 is 11.1 Å². The third-order valence-electron chi connectivity index (χ3n) is 6.39. The molecule has 0 spiro atoms. The molecular formula is C18H35Cl2N3O. The first kappa shape index (κ1) is 22.0. The number of hydrogen-bond acceptors (Lipinski definition) is 3. The van der Waals surface area contributed by atoms with Crippen LogP contribution in [0, 0.1) is 23.7 Å². The number of piperidine rings is 1. The van der Waals surface area contributed by atoms with Gasteiger partial charge in [0, 0.05) is 25.0 Å². The molecule has 6 heteroatoms. The van der Waals surface area contributed by atoms with Crippen LogP contribution >= 0.6 is 24.8 Å². The van der Waals surface area contributed by atoms with Gasteiger partial charge in [-0.25, -0.2) is 0 Å². The van der Waals surface area contributed by atoms with Crippen LogP contribution in [0.15, 0.2) is 0 Å². The Morgan fingerprint density at radius 3 is 2.25 bits per heavy atom. The first-order valence-corrected chi connectivity index (χ1v) is 9.39. The molecule has 2 bridgehead atoms. The molecule has 142 valence electrons. The summed E-state index contributed by atoms with van der Waals surface area (Å²) in [5, 5.41) is 3.19. The predicted molar refractivity (Wildman–Crippen MR) is 104 cm³/mol. The van der Waals surface area contributed by atoms with Crippen molar-refractivity contribution in [3.8, 4) is 0 Å². The minimum Gasteiger partial charge on any atom is -0.355 e. The van der Waals surface area contributed by atoms with Crippen LogP contribution in [0.3, 0.4) is 0 Å². The number of carbonyl (C=O) groups excluding carboxylic acids is 1. The molecule has 1 amide bonds. The van der Waals surface area contributed by atoms with Crippen molar-refractivity contribution in [2.45, 2.75) is 57.9 Å². The molecule has 0 aromatic carbocycles. The van der Waals surface area contributed by atoms with E-state index in [1.807, 2.05) is 0 Å². The van der Waals surface area contributed by atoms with E-state index in [2.05, 4.69) is 17.1 Å². The van der Waals surface area contributed by atoms with Gasteiger partial charge in [-0.2, -0.15) is 0 Å². The lowest BCUT2D eigenvalue weighted by molar-refractivity contribution is -0.127. The molecule has 3 fully saturated rings. The van der Waals surface area contributed by atoms with E-state index >= 15 is 0 Å². The summed E-state index contributed by atoms with van der Waals surface area (Å²) in [4.78, 5) is 15.0. The maximum Gasteiger partial charge on any atom is 0.223 e. The molecule has 2 atom stereocenters. The molecule has 0 aromatic rings. The fourth-order valence-corrected chi connectivity index (χ4v) is 4.77. The molecule has 2 saturated carbocycles. The third-order valence-corrected chi connectivity index (χ3v) is 6.39. The second-order valence-corrected chi connectivity index (χ2v) is 8.01. The van der Waals surface area contributed by atoms with Crippen LogP contribution in [0.4, 0.5) is 0 Å². The molecular weight excluding hydrogens is 345 g/mol. The van der Waals surface area contributed by atoms with E-state index in [-0.39, 0.29) is 36.6 Å². The van der Waals surface area contributed by atoms with Crippen molar-refractivity contribution >= 4 is 30.7 Å². The van der Waals surface area contributed by atoms with Crippen molar-refractivity contribution in [1.29, 1.82) is 0 Å². The van der Waals surface area contributed by atoms with Crippen molar-refractivity contribution < 1.29 is 4.79 Å². The smallest absolute Gasteiger partial charge is 0.223 e. The van der Waals surface area contributed by atoms with E-state index in [1.165, 1.54) is 45.2 Å². The van der Waals surface area contributed by atoms with Crippen molar-refractivity contribution in [2.24, 2.45) is 29.4 Å². The number of nitrogens with zero attached hydrogens (tertiary/aromatic N) is 1. The molecule has 24 heavy (non-hydrogen) atoms. The summed E-state index contributed by atoms with van der Waals surface area (Å²) in [7, 11) is 0. The number of amides is 1. The summed E-state index contributed by atoms with van der Waals surface area (Å²) in [5.41, 5.74) is 6.32. The van der Waals surface area contributed by atoms with Gasteiger partial charge in [-0.05, 0) is 69.4 Å². The molecule has 1 saturated heterocycles. The van der Waals surface area contributed by atoms with Crippen LogP contribution in [-0.2, 0) is 4.79 Å². The van der Waals surface area contributed by atoms with Crippen molar-refractivity contribution in [3.05, 3.63) is 0 Å². The molecule has 2 aliphatic carbocycles. The molecule has 1 aliphatic heterocycles. The zero-order valence-corrected chi connectivity index (χ0v) is 16.5. The summed E-state index contributed by atoms with van der Waals surface area (Å²) in [5.74, 6) is 2.56. The number of fused-ring (bicyclic) bond motifs is 2. The molecule has 3 aliphatic rings. The SMILES string of the molecule is CC1CCN(CCNC(=O)C2CC3CCCC(C2)C3N)CC1.Cl.Cl. The molecule has 1 heterocycles. The van der Waals surface area contributed by atoms with E-state index in [0.29, 0.717) is 17.9 Å². The van der Waals surface area contributed by atoms with Gasteiger partial charge < -0.3 is 16.0 Å². The second-order valence-electron chi connectivity index (χ2n) is 8.01. The summed E-state index contributed by atoms with van der Waals surface area (Å²) in [6.45, 7) is 6.55. The lowest BCUT2D eigenvalue weighted by atomic mass is 9.65. The van der Waals surface area contributed by atoms with Gasteiger partial charge in [0.15, 0.2) is 0 Å². The van der Waals surface area contributed by atoms with Crippen LogP contribution in [0.25, 0.3) is 0 Å². The Hall–Kier alpha value is -0.0300. The van der Waals surface area contributed by atoms with Gasteiger partial charge in [-0.3, -0.25) is 4.79 Å². The highest BCUT2D eigenvalue weighted by atomic mass is 35.5. The molecule has 0 aromatic heterocycles. The van der Waals surface area contributed by atoms with Crippen LogP contribution in [0.5, 0.6) is 0 Å². The van der Waals surface area contributed by atoms with E-state index in [9.17, 15) is 4.79 Å². The summed E-state index contributed by atoms with van der Waals surface area (Å²) < 4.78 is 0. The monoisotopic (exact) mass is 379 g/mol. The molecule has 4 nitrogen and oxygen atoms in total. The van der Waals surface area contributed by atoms with Crippen molar-refractivity contribution in [3.63, 3.8) is 0 Å². The van der Waals surface area contributed by atoms with Crippen molar-refractivity contribution in [1.82, 2.24) is 10.2 Å². The number of rotatable bonds is 4. The average molecular weight is 380 g/mol. The maximum absolute atomic E-state index is 12.5. The third kappa shape index (κ3) is 5.48. The molecule has 3 rings (SSSR count). The zero-order valence-electron chi connectivity index (χ0n) is 14.9. The first-order valence-electron chi connectivity index (χ1n) is 9.39. The largest absolute Gasteiger partial charge is 0.355 e. The standard InChI is InChI=1S/C18H33N3O.2ClH/c1-13-5-8-21(9-6-13)10-7-20-18(22)16-11-14-3-2-4-15(12-16)17(14)19;;/h13-17H,2-12,19H2,1H3,(H,20,22);2*1H. The van der Waals surface area contributed by atoms with Crippen LogP contribution in [0.2, 0.25) is 0 Å². The van der Waals surface area contributed by atoms with E-state index in [1.54, 1.807) is 0 Å². The lowest BCUT2D eigenvalue weighted by Gasteiger charge is -2.43. The number of hydrogen-bond donors (Lipinski definition) is 2. The zero-order chi connectivity index (χ0) is 15.5. The van der Waals surface area contributed by atoms with Gasteiger partial charge in [0.05, 0.1) is 0 Å². The van der Waals surface area contributed by atoms with Crippen molar-refractivity contribution in [2.75, 3.05) is 26.2 Å². The van der Waals surface area contributed by atoms with E-state index in [0.717, 1.165) is 31.8 Å². The summed E-state index contributed by atoms with van der Waals surface area (Å²) >= 11 is 0. The topological polar surface area (TPSA) is 58.4 Å². The molecule has 3 N–H and O–H groups in total. The fraction of sp³-hybridized carbons (Fsp3) is 0.944. The van der Waals surface area contributed by atoms with Gasteiger partial charge in [-0.15, -0.1) is 24.8 Å². The van der Waals surface area contributed by atoms with Gasteiger partial charge in [-0.1, -0.05) is 13.3 Å². The van der Waals surface area contributed by atoms with Gasteiger partial charge in [0.1, 0.15) is 0 Å². The summed E-state index contributed by atoms with van der Waals surface area (Å²) in [6.07, 6.45) is 8.41. The van der Waals surface area contributed by atoms with Crippen LogP contribution in [0.1, 0.15) is 51.9 Å². The Labute approximate surface area is 159 Å². The van der Waals surface area contributed by atoms with Gasteiger partial charge >= 0.3 is 0 Å². The Balaban J connectivity index is 0.00000144. The number of halogens is 2. The Bertz CT molecular complexity index is 374. The predicted octanol–water partition coefficient (Wildman–Crippen LogP) is 2.83. The number of carbonyl (C=O) groups is 1. The average Bonchev–Trinajstić information content (AvgIpc) is 2.49. The fourth-order valence-electron chi connectivity index (χ4n) is 4.77. The second kappa shape index (κ2) is 10.2. The van der Waals surface area contributed by atoms with E-state index in [4.69, 9.17) is 5.73 Å². The van der Waals surface area contributed by atoms with E-state index < -0.39 is 0 Å². The Morgan fingerprint density at radius 1 is 1.08 bits per heavy atom. The van der Waals surface area contributed by atoms with Gasteiger partial charge in [0.2, 0.25) is 5.91 Å².